The maximum atomic E-state index is 5.75. The van der Waals surface area contributed by atoms with Gasteiger partial charge in [0.25, 0.3) is 0 Å². The summed E-state index contributed by atoms with van der Waals surface area (Å²) in [6.07, 6.45) is 4.31. The molecule has 2 heterocycles. The lowest BCUT2D eigenvalue weighted by Crippen LogP contribution is -2.18. The third kappa shape index (κ3) is 2.24. The molecule has 2 N–H and O–H groups in total. The minimum atomic E-state index is 0.383. The lowest BCUT2D eigenvalue weighted by molar-refractivity contribution is 0.331. The summed E-state index contributed by atoms with van der Waals surface area (Å²) in [5.74, 6) is 0.383. The number of hydrogen-bond acceptors (Lipinski definition) is 4. The fourth-order valence-corrected chi connectivity index (χ4v) is 2.50. The van der Waals surface area contributed by atoms with E-state index in [0.29, 0.717) is 5.88 Å². The van der Waals surface area contributed by atoms with Crippen LogP contribution in [-0.2, 0) is 6.54 Å². The van der Waals surface area contributed by atoms with E-state index in [1.807, 2.05) is 6.07 Å². The molecule has 3 rings (SSSR count). The highest BCUT2D eigenvalue weighted by Crippen LogP contribution is 2.26. The average molecular weight is 243 g/mol. The third-order valence-electron chi connectivity index (χ3n) is 3.44. The van der Waals surface area contributed by atoms with Crippen LogP contribution in [0, 0.1) is 0 Å². The van der Waals surface area contributed by atoms with Gasteiger partial charge in [-0.3, -0.25) is 4.90 Å². The molecule has 1 aromatic carbocycles. The first-order chi connectivity index (χ1) is 8.83. The van der Waals surface area contributed by atoms with Gasteiger partial charge in [0.05, 0.1) is 11.8 Å². The molecule has 0 atom stereocenters. The molecule has 2 aromatic rings. The normalized spacial score (nSPS) is 16.2. The van der Waals surface area contributed by atoms with E-state index in [4.69, 9.17) is 10.3 Å². The number of rotatable bonds is 3. The van der Waals surface area contributed by atoms with E-state index >= 15 is 0 Å². The second-order valence-electron chi connectivity index (χ2n) is 4.79. The molecular formula is C14H17N3O. The maximum absolute atomic E-state index is 5.75. The number of hydrogen-bond donors (Lipinski definition) is 1. The summed E-state index contributed by atoms with van der Waals surface area (Å²) in [6, 6.07) is 8.43. The van der Waals surface area contributed by atoms with Crippen LogP contribution in [0.4, 0.5) is 5.88 Å². The van der Waals surface area contributed by atoms with Crippen LogP contribution in [0.1, 0.15) is 18.4 Å². The van der Waals surface area contributed by atoms with E-state index in [1.165, 1.54) is 31.5 Å². The van der Waals surface area contributed by atoms with Crippen LogP contribution in [0.3, 0.4) is 0 Å². The minimum absolute atomic E-state index is 0.383. The van der Waals surface area contributed by atoms with E-state index < -0.39 is 0 Å². The molecule has 4 heteroatoms. The summed E-state index contributed by atoms with van der Waals surface area (Å²) >= 11 is 0. The Kier molecular flexibility index (Phi) is 3.02. The van der Waals surface area contributed by atoms with Crippen LogP contribution >= 0.6 is 0 Å². The molecule has 1 saturated heterocycles. The second kappa shape index (κ2) is 4.82. The highest BCUT2D eigenvalue weighted by Gasteiger charge is 2.13. The number of likely N-dealkylation sites (tertiary alicyclic amines) is 1. The number of aromatic nitrogens is 1. The van der Waals surface area contributed by atoms with Gasteiger partial charge in [-0.05, 0) is 43.1 Å². The molecule has 0 unspecified atom stereocenters. The summed E-state index contributed by atoms with van der Waals surface area (Å²) < 4.78 is 4.91. The van der Waals surface area contributed by atoms with Crippen LogP contribution in [0.25, 0.3) is 11.1 Å². The van der Waals surface area contributed by atoms with E-state index in [9.17, 15) is 0 Å². The van der Waals surface area contributed by atoms with Crippen molar-refractivity contribution < 1.29 is 4.52 Å². The first kappa shape index (κ1) is 11.3. The Balaban J connectivity index is 1.82. The van der Waals surface area contributed by atoms with Crippen molar-refractivity contribution in [1.29, 1.82) is 0 Å². The standard InChI is InChI=1S/C14H17N3O/c15-14-13(9-16-18-14)12-5-3-4-11(8-12)10-17-6-1-2-7-17/h3-5,8-9H,1-2,6-7,10,15H2. The second-order valence-corrected chi connectivity index (χ2v) is 4.79. The summed E-state index contributed by atoms with van der Waals surface area (Å²) in [6.45, 7) is 3.43. The van der Waals surface area contributed by atoms with Crippen molar-refractivity contribution in [3.8, 4) is 11.1 Å². The van der Waals surface area contributed by atoms with E-state index in [-0.39, 0.29) is 0 Å². The van der Waals surface area contributed by atoms with Crippen LogP contribution in [0.15, 0.2) is 35.0 Å². The molecule has 94 valence electrons. The summed E-state index contributed by atoms with van der Waals surface area (Å²) in [5.41, 5.74) is 9.01. The van der Waals surface area contributed by atoms with Crippen molar-refractivity contribution >= 4 is 5.88 Å². The molecule has 1 aliphatic rings. The lowest BCUT2D eigenvalue weighted by atomic mass is 10.1. The number of nitrogens with zero attached hydrogens (tertiary/aromatic N) is 2. The largest absolute Gasteiger partial charge is 0.367 e. The number of nitrogen functional groups attached to an aromatic ring is 1. The van der Waals surface area contributed by atoms with Gasteiger partial charge < -0.3 is 10.3 Å². The molecule has 0 amide bonds. The van der Waals surface area contributed by atoms with Crippen molar-refractivity contribution in [1.82, 2.24) is 10.1 Å². The lowest BCUT2D eigenvalue weighted by Gasteiger charge is -2.14. The zero-order valence-corrected chi connectivity index (χ0v) is 10.3. The SMILES string of the molecule is Nc1oncc1-c1cccc(CN2CCCC2)c1. The van der Waals surface area contributed by atoms with Gasteiger partial charge >= 0.3 is 0 Å². The van der Waals surface area contributed by atoms with Crippen molar-refractivity contribution in [3.63, 3.8) is 0 Å². The molecule has 1 aromatic heterocycles. The molecule has 0 aliphatic carbocycles. The molecule has 0 saturated carbocycles. The molecular weight excluding hydrogens is 226 g/mol. The highest BCUT2D eigenvalue weighted by molar-refractivity contribution is 5.72. The average Bonchev–Trinajstić information content (AvgIpc) is 3.01. The molecule has 18 heavy (non-hydrogen) atoms. The van der Waals surface area contributed by atoms with Crippen molar-refractivity contribution in [2.45, 2.75) is 19.4 Å². The predicted molar refractivity (Wildman–Crippen MR) is 70.9 cm³/mol. The molecule has 0 bridgehead atoms. The monoisotopic (exact) mass is 243 g/mol. The van der Waals surface area contributed by atoms with Gasteiger partial charge in [0.1, 0.15) is 0 Å². The first-order valence-corrected chi connectivity index (χ1v) is 6.35. The van der Waals surface area contributed by atoms with Gasteiger partial charge in [0.2, 0.25) is 5.88 Å². The summed E-state index contributed by atoms with van der Waals surface area (Å²) in [5, 5.41) is 3.72. The fraction of sp³-hybridized carbons (Fsp3) is 0.357. The fourth-order valence-electron chi connectivity index (χ4n) is 2.50. The van der Waals surface area contributed by atoms with E-state index in [0.717, 1.165) is 17.7 Å². The van der Waals surface area contributed by atoms with E-state index in [1.54, 1.807) is 6.20 Å². The van der Waals surface area contributed by atoms with E-state index in [2.05, 4.69) is 28.3 Å². The van der Waals surface area contributed by atoms with Gasteiger partial charge in [-0.15, -0.1) is 0 Å². The van der Waals surface area contributed by atoms with Gasteiger partial charge in [-0.1, -0.05) is 23.4 Å². The molecule has 0 spiro atoms. The zero-order chi connectivity index (χ0) is 12.4. The van der Waals surface area contributed by atoms with Gasteiger partial charge in [0, 0.05) is 6.54 Å². The van der Waals surface area contributed by atoms with Gasteiger partial charge in [0.15, 0.2) is 0 Å². The smallest absolute Gasteiger partial charge is 0.229 e. The van der Waals surface area contributed by atoms with Crippen LogP contribution < -0.4 is 5.73 Å². The maximum Gasteiger partial charge on any atom is 0.229 e. The van der Waals surface area contributed by atoms with Crippen LogP contribution in [-0.4, -0.2) is 23.1 Å². The summed E-state index contributed by atoms with van der Waals surface area (Å²) in [4.78, 5) is 2.48. The highest BCUT2D eigenvalue weighted by atomic mass is 16.5. The minimum Gasteiger partial charge on any atom is -0.367 e. The van der Waals surface area contributed by atoms with Crippen LogP contribution in [0.2, 0.25) is 0 Å². The Labute approximate surface area is 106 Å². The van der Waals surface area contributed by atoms with Crippen molar-refractivity contribution in [2.75, 3.05) is 18.8 Å². The number of nitrogens with two attached hydrogens (primary N) is 1. The van der Waals surface area contributed by atoms with Crippen molar-refractivity contribution in [3.05, 3.63) is 36.0 Å². The Morgan fingerprint density at radius 3 is 2.83 bits per heavy atom. The van der Waals surface area contributed by atoms with Gasteiger partial charge in [-0.2, -0.15) is 0 Å². The Morgan fingerprint density at radius 1 is 1.28 bits per heavy atom. The molecule has 4 nitrogen and oxygen atoms in total. The Morgan fingerprint density at radius 2 is 2.11 bits per heavy atom. The Hall–Kier alpha value is -1.81. The molecule has 0 radical (unpaired) electrons. The molecule has 1 fully saturated rings. The topological polar surface area (TPSA) is 55.3 Å². The quantitative estimate of drug-likeness (QED) is 0.900. The number of benzene rings is 1. The predicted octanol–water partition coefficient (Wildman–Crippen LogP) is 2.52. The van der Waals surface area contributed by atoms with Crippen molar-refractivity contribution in [2.24, 2.45) is 0 Å². The third-order valence-corrected chi connectivity index (χ3v) is 3.44. The first-order valence-electron chi connectivity index (χ1n) is 6.35. The van der Waals surface area contributed by atoms with Crippen LogP contribution in [0.5, 0.6) is 0 Å². The van der Waals surface area contributed by atoms with Gasteiger partial charge in [-0.25, -0.2) is 0 Å². The molecule has 1 aliphatic heterocycles. The Bertz CT molecular complexity index is 529. The zero-order valence-electron chi connectivity index (χ0n) is 10.3. The summed E-state index contributed by atoms with van der Waals surface area (Å²) in [7, 11) is 0. The number of anilines is 1.